The molecule has 0 saturated heterocycles. The van der Waals surface area contributed by atoms with Crippen molar-refractivity contribution in [3.63, 3.8) is 0 Å². The molecule has 0 atom stereocenters. The van der Waals surface area contributed by atoms with Crippen molar-refractivity contribution in [1.29, 1.82) is 0 Å². The zero-order valence-corrected chi connectivity index (χ0v) is 14.0. The molecule has 1 aromatic rings. The largest absolute Gasteiger partial charge is 0.467 e. The van der Waals surface area contributed by atoms with E-state index in [1.807, 2.05) is 19.9 Å². The quantitative estimate of drug-likeness (QED) is 0.877. The third-order valence-corrected chi connectivity index (χ3v) is 2.65. The van der Waals surface area contributed by atoms with Gasteiger partial charge in [0, 0.05) is 6.54 Å². The van der Waals surface area contributed by atoms with Gasteiger partial charge in [-0.2, -0.15) is 0 Å². The monoisotopic (exact) mass is 310 g/mol. The molecule has 0 bridgehead atoms. The molecular formula is C16H26N2O4. The molecule has 1 rings (SSSR count). The second-order valence-corrected chi connectivity index (χ2v) is 6.60. The van der Waals surface area contributed by atoms with Crippen LogP contribution in [0.2, 0.25) is 0 Å². The van der Waals surface area contributed by atoms with Crippen molar-refractivity contribution in [2.24, 2.45) is 5.92 Å². The summed E-state index contributed by atoms with van der Waals surface area (Å²) >= 11 is 0. The van der Waals surface area contributed by atoms with Crippen LogP contribution in [0.1, 0.15) is 40.4 Å². The summed E-state index contributed by atoms with van der Waals surface area (Å²) in [6, 6.07) is 3.61. The normalized spacial score (nSPS) is 11.4. The van der Waals surface area contributed by atoms with Crippen LogP contribution in [-0.2, 0) is 16.1 Å². The standard InChI is InChI=1S/C16H26N2O4/c1-12(2)10-18(11-13-7-6-8-21-13)14(19)9-17-15(20)22-16(3,4)5/h6-8,12H,9-11H2,1-5H3,(H,17,20). The molecule has 2 amide bonds. The zero-order chi connectivity index (χ0) is 16.8. The Hall–Kier alpha value is -1.98. The van der Waals surface area contributed by atoms with E-state index in [0.29, 0.717) is 24.8 Å². The molecule has 0 fully saturated rings. The lowest BCUT2D eigenvalue weighted by atomic mass is 10.2. The summed E-state index contributed by atoms with van der Waals surface area (Å²) in [5.74, 6) is 0.864. The molecule has 6 heteroatoms. The second kappa shape index (κ2) is 7.87. The second-order valence-electron chi connectivity index (χ2n) is 6.60. The first kappa shape index (κ1) is 18.1. The smallest absolute Gasteiger partial charge is 0.408 e. The fourth-order valence-corrected chi connectivity index (χ4v) is 1.86. The predicted octanol–water partition coefficient (Wildman–Crippen LogP) is 2.79. The van der Waals surface area contributed by atoms with E-state index in [-0.39, 0.29) is 12.5 Å². The molecule has 0 aliphatic carbocycles. The summed E-state index contributed by atoms with van der Waals surface area (Å²) in [6.45, 7) is 10.3. The summed E-state index contributed by atoms with van der Waals surface area (Å²) < 4.78 is 10.4. The number of hydrogen-bond acceptors (Lipinski definition) is 4. The summed E-state index contributed by atoms with van der Waals surface area (Å²) in [6.07, 6.45) is 0.982. The van der Waals surface area contributed by atoms with Crippen molar-refractivity contribution in [3.8, 4) is 0 Å². The Kier molecular flexibility index (Phi) is 6.46. The number of alkyl carbamates (subject to hydrolysis) is 1. The van der Waals surface area contributed by atoms with Gasteiger partial charge in [0.25, 0.3) is 0 Å². The van der Waals surface area contributed by atoms with E-state index in [2.05, 4.69) is 5.32 Å². The number of nitrogens with one attached hydrogen (secondary N) is 1. The van der Waals surface area contributed by atoms with Crippen LogP contribution < -0.4 is 5.32 Å². The Morgan fingerprint density at radius 2 is 2.05 bits per heavy atom. The van der Waals surface area contributed by atoms with Crippen molar-refractivity contribution in [2.75, 3.05) is 13.1 Å². The van der Waals surface area contributed by atoms with Gasteiger partial charge in [-0.3, -0.25) is 4.79 Å². The molecule has 0 radical (unpaired) electrons. The zero-order valence-electron chi connectivity index (χ0n) is 14.0. The first-order valence-corrected chi connectivity index (χ1v) is 7.44. The van der Waals surface area contributed by atoms with E-state index in [4.69, 9.17) is 9.15 Å². The molecule has 0 saturated carbocycles. The Morgan fingerprint density at radius 1 is 1.36 bits per heavy atom. The van der Waals surface area contributed by atoms with Gasteiger partial charge >= 0.3 is 6.09 Å². The Bertz CT molecular complexity index is 475. The molecule has 0 spiro atoms. The van der Waals surface area contributed by atoms with Crippen LogP contribution in [0.3, 0.4) is 0 Å². The number of ether oxygens (including phenoxy) is 1. The topological polar surface area (TPSA) is 71.8 Å². The van der Waals surface area contributed by atoms with E-state index in [1.54, 1.807) is 38.0 Å². The fraction of sp³-hybridized carbons (Fsp3) is 0.625. The Morgan fingerprint density at radius 3 is 2.55 bits per heavy atom. The summed E-state index contributed by atoms with van der Waals surface area (Å²) in [7, 11) is 0. The highest BCUT2D eigenvalue weighted by molar-refractivity contribution is 5.82. The van der Waals surface area contributed by atoms with E-state index in [1.165, 1.54) is 0 Å². The number of rotatable bonds is 6. The van der Waals surface area contributed by atoms with Crippen molar-refractivity contribution in [2.45, 2.75) is 46.8 Å². The molecular weight excluding hydrogens is 284 g/mol. The molecule has 124 valence electrons. The van der Waals surface area contributed by atoms with Crippen molar-refractivity contribution in [1.82, 2.24) is 10.2 Å². The molecule has 0 aliphatic rings. The summed E-state index contributed by atoms with van der Waals surface area (Å²) in [5, 5.41) is 2.49. The molecule has 22 heavy (non-hydrogen) atoms. The molecule has 1 N–H and O–H groups in total. The molecule has 0 aliphatic heterocycles. The molecule has 1 aromatic heterocycles. The third-order valence-electron chi connectivity index (χ3n) is 2.65. The number of carbonyl (C=O) groups excluding carboxylic acids is 2. The van der Waals surface area contributed by atoms with E-state index in [9.17, 15) is 9.59 Å². The number of furan rings is 1. The van der Waals surface area contributed by atoms with Gasteiger partial charge in [-0.1, -0.05) is 13.8 Å². The van der Waals surface area contributed by atoms with Crippen molar-refractivity contribution in [3.05, 3.63) is 24.2 Å². The SMILES string of the molecule is CC(C)CN(Cc1ccco1)C(=O)CNC(=O)OC(C)(C)C. The lowest BCUT2D eigenvalue weighted by molar-refractivity contribution is -0.131. The Balaban J connectivity index is 2.54. The van der Waals surface area contributed by atoms with Gasteiger partial charge in [0.1, 0.15) is 17.9 Å². The summed E-state index contributed by atoms with van der Waals surface area (Å²) in [5.41, 5.74) is -0.584. The van der Waals surface area contributed by atoms with Gasteiger partial charge in [-0.25, -0.2) is 4.79 Å². The van der Waals surface area contributed by atoms with Crippen LogP contribution in [0.5, 0.6) is 0 Å². The van der Waals surface area contributed by atoms with Gasteiger partial charge in [-0.05, 0) is 38.8 Å². The first-order valence-electron chi connectivity index (χ1n) is 7.44. The number of carbonyl (C=O) groups is 2. The number of nitrogens with zero attached hydrogens (tertiary/aromatic N) is 1. The van der Waals surface area contributed by atoms with Gasteiger partial charge in [0.05, 0.1) is 12.8 Å². The molecule has 6 nitrogen and oxygen atoms in total. The lowest BCUT2D eigenvalue weighted by Gasteiger charge is -2.24. The van der Waals surface area contributed by atoms with Crippen LogP contribution in [0.25, 0.3) is 0 Å². The highest BCUT2D eigenvalue weighted by atomic mass is 16.6. The molecule has 0 aromatic carbocycles. The number of hydrogen-bond donors (Lipinski definition) is 1. The van der Waals surface area contributed by atoms with Gasteiger partial charge in [-0.15, -0.1) is 0 Å². The Labute approximate surface area is 131 Å². The maximum atomic E-state index is 12.3. The average Bonchev–Trinajstić information content (AvgIpc) is 2.85. The molecule has 1 heterocycles. The van der Waals surface area contributed by atoms with E-state index >= 15 is 0 Å². The third kappa shape index (κ3) is 7.15. The maximum Gasteiger partial charge on any atom is 0.408 e. The van der Waals surface area contributed by atoms with Crippen LogP contribution in [0.15, 0.2) is 22.8 Å². The van der Waals surface area contributed by atoms with E-state index < -0.39 is 11.7 Å². The lowest BCUT2D eigenvalue weighted by Crippen LogP contribution is -2.42. The minimum atomic E-state index is -0.594. The minimum Gasteiger partial charge on any atom is -0.467 e. The van der Waals surface area contributed by atoms with Gasteiger partial charge in [0.2, 0.25) is 5.91 Å². The highest BCUT2D eigenvalue weighted by Gasteiger charge is 2.20. The average molecular weight is 310 g/mol. The maximum absolute atomic E-state index is 12.3. The van der Waals surface area contributed by atoms with Crippen LogP contribution in [0, 0.1) is 5.92 Å². The van der Waals surface area contributed by atoms with Crippen LogP contribution in [0.4, 0.5) is 4.79 Å². The van der Waals surface area contributed by atoms with E-state index in [0.717, 1.165) is 0 Å². The van der Waals surface area contributed by atoms with Crippen LogP contribution >= 0.6 is 0 Å². The van der Waals surface area contributed by atoms with Crippen molar-refractivity contribution < 1.29 is 18.7 Å². The van der Waals surface area contributed by atoms with Crippen molar-refractivity contribution >= 4 is 12.0 Å². The van der Waals surface area contributed by atoms with Gasteiger partial charge in [0.15, 0.2) is 0 Å². The summed E-state index contributed by atoms with van der Waals surface area (Å²) in [4.78, 5) is 25.6. The number of amides is 2. The van der Waals surface area contributed by atoms with Gasteiger partial charge < -0.3 is 19.4 Å². The predicted molar refractivity (Wildman–Crippen MR) is 83.2 cm³/mol. The van der Waals surface area contributed by atoms with Crippen LogP contribution in [-0.4, -0.2) is 35.6 Å². The fourth-order valence-electron chi connectivity index (χ4n) is 1.86. The molecule has 0 unspecified atom stereocenters. The minimum absolute atomic E-state index is 0.0949. The first-order chi connectivity index (χ1) is 10.2. The highest BCUT2D eigenvalue weighted by Crippen LogP contribution is 2.09.